The molecule has 2 aromatic carbocycles. The van der Waals surface area contributed by atoms with Gasteiger partial charge in [-0.05, 0) is 79.9 Å². The standard InChI is InChI=1S/C28H35N3/c1-3-31(4-2)19-17-20-12-14-22(15-13-20)28-24-16-18-29-27(21-8-5-6-9-21)23-10-7-11-25(30-28)26(23)24/h7,10-15,29-30H,3-6,8-9,16-19H2,1-2H3. The number of nitrogens with zero attached hydrogens (tertiary/aromatic N) is 1. The van der Waals surface area contributed by atoms with Gasteiger partial charge in [-0.1, -0.05) is 50.2 Å². The van der Waals surface area contributed by atoms with Crippen LogP contribution in [-0.2, 0) is 12.8 Å². The highest BCUT2D eigenvalue weighted by atomic mass is 15.1. The van der Waals surface area contributed by atoms with E-state index in [1.54, 1.807) is 5.57 Å². The van der Waals surface area contributed by atoms with Crippen LogP contribution in [0.3, 0.4) is 0 Å². The molecule has 1 aliphatic carbocycles. The summed E-state index contributed by atoms with van der Waals surface area (Å²) in [5.74, 6) is 0. The summed E-state index contributed by atoms with van der Waals surface area (Å²) >= 11 is 0. The van der Waals surface area contributed by atoms with Gasteiger partial charge in [-0.15, -0.1) is 0 Å². The van der Waals surface area contributed by atoms with Crippen molar-refractivity contribution in [3.63, 3.8) is 0 Å². The highest BCUT2D eigenvalue weighted by Gasteiger charge is 2.23. The van der Waals surface area contributed by atoms with Crippen LogP contribution < -0.4 is 5.32 Å². The van der Waals surface area contributed by atoms with Gasteiger partial charge in [0.25, 0.3) is 0 Å². The van der Waals surface area contributed by atoms with E-state index < -0.39 is 0 Å². The van der Waals surface area contributed by atoms with Crippen LogP contribution in [0.4, 0.5) is 0 Å². The van der Waals surface area contributed by atoms with Crippen molar-refractivity contribution in [2.75, 3.05) is 26.2 Å². The van der Waals surface area contributed by atoms with E-state index in [1.807, 2.05) is 0 Å². The van der Waals surface area contributed by atoms with E-state index in [1.165, 1.54) is 70.2 Å². The number of aromatic nitrogens is 1. The fourth-order valence-electron chi connectivity index (χ4n) is 5.46. The van der Waals surface area contributed by atoms with Crippen LogP contribution in [0.5, 0.6) is 0 Å². The topological polar surface area (TPSA) is 31.1 Å². The minimum absolute atomic E-state index is 1.01. The van der Waals surface area contributed by atoms with E-state index in [4.69, 9.17) is 0 Å². The summed E-state index contributed by atoms with van der Waals surface area (Å²) in [6.07, 6.45) is 7.35. The molecular weight excluding hydrogens is 378 g/mol. The first kappa shape index (κ1) is 20.4. The number of hydrogen-bond donors (Lipinski definition) is 2. The van der Waals surface area contributed by atoms with Crippen LogP contribution in [0.15, 0.2) is 48.0 Å². The quantitative estimate of drug-likeness (QED) is 0.508. The van der Waals surface area contributed by atoms with Gasteiger partial charge in [-0.2, -0.15) is 0 Å². The maximum atomic E-state index is 3.80. The predicted molar refractivity (Wildman–Crippen MR) is 132 cm³/mol. The van der Waals surface area contributed by atoms with Crippen LogP contribution in [0, 0.1) is 0 Å². The molecule has 1 fully saturated rings. The first-order valence-corrected chi connectivity index (χ1v) is 12.2. The molecule has 0 unspecified atom stereocenters. The highest BCUT2D eigenvalue weighted by molar-refractivity contribution is 6.00. The lowest BCUT2D eigenvalue weighted by atomic mass is 9.97. The van der Waals surface area contributed by atoms with Crippen LogP contribution in [-0.4, -0.2) is 36.1 Å². The zero-order valence-electron chi connectivity index (χ0n) is 19.1. The minimum atomic E-state index is 1.01. The van der Waals surface area contributed by atoms with E-state index in [-0.39, 0.29) is 0 Å². The second kappa shape index (κ2) is 8.92. The van der Waals surface area contributed by atoms with Gasteiger partial charge in [-0.3, -0.25) is 0 Å². The Hall–Kier alpha value is -2.52. The number of H-pyrrole nitrogens is 1. The minimum Gasteiger partial charge on any atom is -0.384 e. The van der Waals surface area contributed by atoms with Crippen molar-refractivity contribution in [1.82, 2.24) is 15.2 Å². The normalized spacial score (nSPS) is 16.2. The molecule has 3 nitrogen and oxygen atoms in total. The van der Waals surface area contributed by atoms with Crippen molar-refractivity contribution in [2.45, 2.75) is 52.4 Å². The number of hydrogen-bond acceptors (Lipinski definition) is 2. The van der Waals surface area contributed by atoms with Crippen molar-refractivity contribution in [3.05, 3.63) is 64.7 Å². The van der Waals surface area contributed by atoms with Crippen molar-refractivity contribution in [2.24, 2.45) is 0 Å². The van der Waals surface area contributed by atoms with E-state index in [0.29, 0.717) is 0 Å². The number of benzene rings is 2. The third-order valence-corrected chi connectivity index (χ3v) is 7.29. The SMILES string of the molecule is CCN(CC)CCc1ccc(-c2[nH]c3cccc4c3c2CCNC4=C2CCCC2)cc1. The Morgan fingerprint density at radius 1 is 0.903 bits per heavy atom. The Morgan fingerprint density at radius 3 is 2.42 bits per heavy atom. The molecule has 0 bridgehead atoms. The lowest BCUT2D eigenvalue weighted by Crippen LogP contribution is -2.25. The molecule has 0 saturated heterocycles. The molecule has 3 aromatic rings. The van der Waals surface area contributed by atoms with Crippen LogP contribution in [0.2, 0.25) is 0 Å². The maximum absolute atomic E-state index is 3.80. The maximum Gasteiger partial charge on any atom is 0.0498 e. The van der Waals surface area contributed by atoms with E-state index in [2.05, 4.69) is 71.5 Å². The zero-order chi connectivity index (χ0) is 21.2. The Bertz CT molecular complexity index is 1080. The van der Waals surface area contributed by atoms with Gasteiger partial charge in [0, 0.05) is 40.9 Å². The lowest BCUT2D eigenvalue weighted by molar-refractivity contribution is 0.308. The third-order valence-electron chi connectivity index (χ3n) is 7.29. The summed E-state index contributed by atoms with van der Waals surface area (Å²) in [5.41, 5.74) is 11.2. The molecule has 162 valence electrons. The molecular formula is C28H35N3. The molecule has 3 heteroatoms. The Morgan fingerprint density at radius 2 is 1.68 bits per heavy atom. The monoisotopic (exact) mass is 413 g/mol. The van der Waals surface area contributed by atoms with Gasteiger partial charge in [0.15, 0.2) is 0 Å². The summed E-state index contributed by atoms with van der Waals surface area (Å²) in [6.45, 7) is 8.89. The summed E-state index contributed by atoms with van der Waals surface area (Å²) in [5, 5.41) is 5.24. The molecule has 1 saturated carbocycles. The number of rotatable bonds is 6. The first-order valence-electron chi connectivity index (χ1n) is 12.2. The van der Waals surface area contributed by atoms with Crippen molar-refractivity contribution >= 4 is 16.6 Å². The molecule has 0 amide bonds. The van der Waals surface area contributed by atoms with Crippen LogP contribution in [0.1, 0.15) is 56.2 Å². The van der Waals surface area contributed by atoms with Gasteiger partial charge in [0.05, 0.1) is 0 Å². The molecule has 0 spiro atoms. The average Bonchev–Trinajstić information content (AvgIpc) is 3.42. The van der Waals surface area contributed by atoms with Crippen LogP contribution in [0.25, 0.3) is 27.9 Å². The van der Waals surface area contributed by atoms with Crippen molar-refractivity contribution < 1.29 is 0 Å². The second-order valence-electron chi connectivity index (χ2n) is 9.04. The number of likely N-dealkylation sites (N-methyl/N-ethyl adjacent to an activating group) is 1. The highest BCUT2D eigenvalue weighted by Crippen LogP contribution is 2.39. The van der Waals surface area contributed by atoms with Gasteiger partial charge >= 0.3 is 0 Å². The summed E-state index contributed by atoms with van der Waals surface area (Å²) in [7, 11) is 0. The van der Waals surface area contributed by atoms with Gasteiger partial charge < -0.3 is 15.2 Å². The smallest absolute Gasteiger partial charge is 0.0498 e. The molecule has 1 aromatic heterocycles. The Kier molecular flexibility index (Phi) is 5.87. The molecule has 1 aliphatic heterocycles. The molecule has 2 aliphatic rings. The Labute approximate surface area is 186 Å². The fourth-order valence-corrected chi connectivity index (χ4v) is 5.46. The molecule has 2 N–H and O–H groups in total. The first-order chi connectivity index (χ1) is 15.3. The van der Waals surface area contributed by atoms with E-state index >= 15 is 0 Å². The lowest BCUT2D eigenvalue weighted by Gasteiger charge is -2.17. The average molecular weight is 414 g/mol. The third kappa shape index (κ3) is 3.92. The summed E-state index contributed by atoms with van der Waals surface area (Å²) in [6, 6.07) is 16.0. The molecule has 31 heavy (non-hydrogen) atoms. The molecule has 2 heterocycles. The van der Waals surface area contributed by atoms with E-state index in [9.17, 15) is 0 Å². The van der Waals surface area contributed by atoms with E-state index in [0.717, 1.165) is 39.0 Å². The fraction of sp³-hybridized carbons (Fsp3) is 0.429. The number of allylic oxidation sites excluding steroid dienone is 1. The van der Waals surface area contributed by atoms with Crippen molar-refractivity contribution in [1.29, 1.82) is 0 Å². The second-order valence-corrected chi connectivity index (χ2v) is 9.04. The molecule has 0 atom stereocenters. The summed E-state index contributed by atoms with van der Waals surface area (Å²) < 4.78 is 0. The molecule has 5 rings (SSSR count). The number of aromatic amines is 1. The van der Waals surface area contributed by atoms with Crippen LogP contribution >= 0.6 is 0 Å². The zero-order valence-corrected chi connectivity index (χ0v) is 19.1. The van der Waals surface area contributed by atoms with Crippen molar-refractivity contribution in [3.8, 4) is 11.3 Å². The Balaban J connectivity index is 1.50. The summed E-state index contributed by atoms with van der Waals surface area (Å²) in [4.78, 5) is 6.27. The largest absolute Gasteiger partial charge is 0.384 e. The van der Waals surface area contributed by atoms with Gasteiger partial charge in [0.2, 0.25) is 0 Å². The van der Waals surface area contributed by atoms with Gasteiger partial charge in [-0.25, -0.2) is 0 Å². The predicted octanol–water partition coefficient (Wildman–Crippen LogP) is 6.15. The van der Waals surface area contributed by atoms with Gasteiger partial charge in [0.1, 0.15) is 0 Å². The number of nitrogens with one attached hydrogen (secondary N) is 2. The molecule has 0 radical (unpaired) electrons.